The second-order valence-corrected chi connectivity index (χ2v) is 10.1. The molecule has 1 aliphatic carbocycles. The zero-order chi connectivity index (χ0) is 21.9. The van der Waals surface area contributed by atoms with Crippen LogP contribution in [0.5, 0.6) is 0 Å². The first-order valence-corrected chi connectivity index (χ1v) is 13.6. The van der Waals surface area contributed by atoms with Crippen molar-refractivity contribution >= 4 is 57.9 Å². The van der Waals surface area contributed by atoms with Crippen LogP contribution in [0, 0.1) is 5.41 Å². The number of rotatable bonds is 7. The number of amides is 1. The SMILES string of the molecule is CC(C)(C)OC(=O)Nc1cc(C2CC2)cnc1C(=O)c1cccc(NPI)c1C=N. The number of nitrogens with zero attached hydrogens (tertiary/aromatic N) is 1. The number of halogens is 1. The smallest absolute Gasteiger partial charge is 0.412 e. The van der Waals surface area contributed by atoms with Crippen molar-refractivity contribution in [1.82, 2.24) is 4.98 Å². The maximum absolute atomic E-state index is 13.4. The molecule has 1 heterocycles. The van der Waals surface area contributed by atoms with Crippen molar-refractivity contribution in [3.8, 4) is 0 Å². The fourth-order valence-corrected chi connectivity index (χ4v) is 4.21. The van der Waals surface area contributed by atoms with Gasteiger partial charge in [-0.05, 0) is 79.3 Å². The minimum atomic E-state index is -0.663. The summed E-state index contributed by atoms with van der Waals surface area (Å²) in [4.78, 5) is 30.2. The molecule has 7 nitrogen and oxygen atoms in total. The highest BCUT2D eigenvalue weighted by atomic mass is 127. The number of hydrogen-bond acceptors (Lipinski definition) is 6. The van der Waals surface area contributed by atoms with E-state index < -0.39 is 11.7 Å². The predicted octanol–water partition coefficient (Wildman–Crippen LogP) is 5.89. The number of hydrogen-bond donors (Lipinski definition) is 3. The molecular weight excluding hydrogens is 514 g/mol. The van der Waals surface area contributed by atoms with Crippen molar-refractivity contribution in [3.05, 3.63) is 52.8 Å². The molecule has 1 aromatic heterocycles. The van der Waals surface area contributed by atoms with Crippen LogP contribution in [0.4, 0.5) is 16.2 Å². The summed E-state index contributed by atoms with van der Waals surface area (Å²) in [5, 5.41) is 13.7. The number of anilines is 2. The van der Waals surface area contributed by atoms with E-state index in [1.807, 2.05) is 6.07 Å². The van der Waals surface area contributed by atoms with E-state index in [4.69, 9.17) is 10.1 Å². The Morgan fingerprint density at radius 1 is 1.30 bits per heavy atom. The van der Waals surface area contributed by atoms with Crippen molar-refractivity contribution in [3.63, 3.8) is 0 Å². The van der Waals surface area contributed by atoms with Gasteiger partial charge in [0.15, 0.2) is 0 Å². The minimum absolute atomic E-state index is 0.127. The van der Waals surface area contributed by atoms with Gasteiger partial charge < -0.3 is 15.2 Å². The summed E-state index contributed by atoms with van der Waals surface area (Å²) in [6, 6.07) is 7.06. The van der Waals surface area contributed by atoms with Crippen LogP contribution in [0.2, 0.25) is 0 Å². The van der Waals surface area contributed by atoms with E-state index >= 15 is 0 Å². The summed E-state index contributed by atoms with van der Waals surface area (Å²) in [7, 11) is 0. The Morgan fingerprint density at radius 2 is 2.03 bits per heavy atom. The molecule has 0 aliphatic heterocycles. The zero-order valence-electron chi connectivity index (χ0n) is 17.0. The Balaban J connectivity index is 2.00. The van der Waals surface area contributed by atoms with Gasteiger partial charge in [0.2, 0.25) is 5.78 Å². The molecule has 1 amide bonds. The number of carbonyl (C=O) groups is 2. The lowest BCUT2D eigenvalue weighted by atomic mass is 9.99. The average Bonchev–Trinajstić information content (AvgIpc) is 3.51. The molecule has 1 saturated carbocycles. The molecule has 0 spiro atoms. The third-order valence-electron chi connectivity index (χ3n) is 4.49. The number of carbonyl (C=O) groups excluding carboxylic acids is 2. The fraction of sp³-hybridized carbons (Fsp3) is 0.333. The van der Waals surface area contributed by atoms with E-state index in [0.29, 0.717) is 34.8 Å². The molecule has 0 saturated heterocycles. The van der Waals surface area contributed by atoms with Crippen molar-refractivity contribution in [2.45, 2.75) is 45.1 Å². The predicted molar refractivity (Wildman–Crippen MR) is 130 cm³/mol. The molecule has 3 rings (SSSR count). The average molecular weight is 538 g/mol. The van der Waals surface area contributed by atoms with Crippen molar-refractivity contribution in [2.24, 2.45) is 0 Å². The topological polar surface area (TPSA) is 104 Å². The van der Waals surface area contributed by atoms with Gasteiger partial charge in [-0.15, -0.1) is 0 Å². The van der Waals surface area contributed by atoms with Crippen LogP contribution < -0.4 is 10.4 Å². The summed E-state index contributed by atoms with van der Waals surface area (Å²) >= 11 is 2.19. The Kier molecular flexibility index (Phi) is 7.08. The van der Waals surface area contributed by atoms with E-state index in [-0.39, 0.29) is 11.5 Å². The number of ether oxygens (including phenoxy) is 1. The lowest BCUT2D eigenvalue weighted by Gasteiger charge is -2.20. The van der Waals surface area contributed by atoms with Gasteiger partial charge in [-0.3, -0.25) is 15.1 Å². The van der Waals surface area contributed by atoms with Crippen LogP contribution in [0.1, 0.15) is 66.7 Å². The second-order valence-electron chi connectivity index (χ2n) is 8.03. The lowest BCUT2D eigenvalue weighted by molar-refractivity contribution is 0.0636. The normalized spacial score (nSPS) is 13.9. The van der Waals surface area contributed by atoms with Gasteiger partial charge in [0, 0.05) is 35.6 Å². The number of nitrogens with one attached hydrogen (secondary N) is 3. The van der Waals surface area contributed by atoms with E-state index in [9.17, 15) is 9.59 Å². The number of aromatic nitrogens is 1. The van der Waals surface area contributed by atoms with E-state index in [2.05, 4.69) is 37.4 Å². The Labute approximate surface area is 190 Å². The third kappa shape index (κ3) is 5.55. The highest BCUT2D eigenvalue weighted by Gasteiger charge is 2.28. The van der Waals surface area contributed by atoms with Crippen molar-refractivity contribution in [2.75, 3.05) is 10.4 Å². The van der Waals surface area contributed by atoms with Gasteiger partial charge in [-0.25, -0.2) is 4.79 Å². The van der Waals surface area contributed by atoms with Crippen LogP contribution in [0.15, 0.2) is 30.5 Å². The van der Waals surface area contributed by atoms with Crippen LogP contribution in [0.3, 0.4) is 0 Å². The molecule has 158 valence electrons. The molecule has 0 radical (unpaired) electrons. The maximum Gasteiger partial charge on any atom is 0.412 e. The molecule has 1 aromatic carbocycles. The van der Waals surface area contributed by atoms with Gasteiger partial charge in [0.25, 0.3) is 0 Å². The van der Waals surface area contributed by atoms with Crippen LogP contribution in [0.25, 0.3) is 0 Å². The molecule has 1 atom stereocenters. The molecule has 3 N–H and O–H groups in total. The number of ketones is 1. The Bertz CT molecular complexity index is 987. The molecule has 2 aromatic rings. The van der Waals surface area contributed by atoms with Crippen LogP contribution in [-0.2, 0) is 4.74 Å². The summed E-state index contributed by atoms with van der Waals surface area (Å²) in [5.41, 5.74) is 2.33. The molecular formula is C21H24IN4O3P. The molecule has 1 aliphatic rings. The summed E-state index contributed by atoms with van der Waals surface area (Å²) < 4.78 is 5.36. The second kappa shape index (κ2) is 9.39. The van der Waals surface area contributed by atoms with Gasteiger partial charge in [0.05, 0.1) is 5.69 Å². The van der Waals surface area contributed by atoms with E-state index in [0.717, 1.165) is 24.6 Å². The molecule has 1 fully saturated rings. The van der Waals surface area contributed by atoms with Gasteiger partial charge in [-0.1, -0.05) is 12.1 Å². The molecule has 1 unspecified atom stereocenters. The fourth-order valence-electron chi connectivity index (χ4n) is 3.02. The van der Waals surface area contributed by atoms with Gasteiger partial charge >= 0.3 is 6.09 Å². The van der Waals surface area contributed by atoms with Crippen LogP contribution in [-0.4, -0.2) is 28.7 Å². The maximum atomic E-state index is 13.4. The third-order valence-corrected chi connectivity index (χ3v) is 5.66. The summed E-state index contributed by atoms with van der Waals surface area (Å²) in [6.07, 6.45) is 4.76. The van der Waals surface area contributed by atoms with Gasteiger partial charge in [-0.2, -0.15) is 0 Å². The van der Waals surface area contributed by atoms with E-state index in [1.54, 1.807) is 45.2 Å². The first-order chi connectivity index (χ1) is 14.2. The number of benzene rings is 1. The van der Waals surface area contributed by atoms with Crippen molar-refractivity contribution in [1.29, 1.82) is 5.41 Å². The Morgan fingerprint density at radius 3 is 2.63 bits per heavy atom. The first-order valence-electron chi connectivity index (χ1n) is 9.53. The van der Waals surface area contributed by atoms with Gasteiger partial charge in [0.1, 0.15) is 11.3 Å². The highest BCUT2D eigenvalue weighted by Crippen LogP contribution is 2.41. The molecule has 9 heteroatoms. The summed E-state index contributed by atoms with van der Waals surface area (Å²) in [6.45, 7) is 5.33. The molecule has 30 heavy (non-hydrogen) atoms. The van der Waals surface area contributed by atoms with Crippen molar-refractivity contribution < 1.29 is 14.3 Å². The largest absolute Gasteiger partial charge is 0.444 e. The minimum Gasteiger partial charge on any atom is -0.444 e. The quantitative estimate of drug-likeness (QED) is 0.177. The molecule has 0 bridgehead atoms. The number of pyridine rings is 1. The monoisotopic (exact) mass is 538 g/mol. The van der Waals surface area contributed by atoms with E-state index in [1.165, 1.54) is 0 Å². The summed E-state index contributed by atoms with van der Waals surface area (Å²) in [5.74, 6) is 0.0532. The lowest BCUT2D eigenvalue weighted by Crippen LogP contribution is -2.28. The van der Waals surface area contributed by atoms with Crippen LogP contribution >= 0.6 is 28.4 Å². The first kappa shape index (κ1) is 22.6. The standard InChI is InChI=1S/C21H24IN4O3P/c1-21(2,3)29-20(28)25-17-9-13(12-7-8-12)11-24-18(17)19(27)14-5-4-6-16(26-30-22)15(14)10-23/h4-6,9-12,23,26,30H,7-8H2,1-3H3,(H,25,28). The zero-order valence-corrected chi connectivity index (χ0v) is 20.2. The highest BCUT2D eigenvalue weighted by molar-refractivity contribution is 14.2. The Hall–Kier alpha value is -2.06.